The van der Waals surface area contributed by atoms with E-state index in [4.69, 9.17) is 28.9 Å². The Balaban J connectivity index is 1.88. The molecule has 0 bridgehead atoms. The summed E-state index contributed by atoms with van der Waals surface area (Å²) in [7, 11) is 0. The highest BCUT2D eigenvalue weighted by atomic mass is 35.5. The maximum atomic E-state index is 6.10. The number of rotatable bonds is 4. The van der Waals surface area contributed by atoms with Gasteiger partial charge in [0, 0.05) is 6.54 Å². The second-order valence-electron chi connectivity index (χ2n) is 5.36. The minimum Gasteiger partial charge on any atom is -0.382 e. The average Bonchev–Trinajstić information content (AvgIpc) is 2.42. The van der Waals surface area contributed by atoms with Gasteiger partial charge in [0.25, 0.3) is 0 Å². The molecule has 0 aromatic carbocycles. The van der Waals surface area contributed by atoms with E-state index in [1.807, 2.05) is 0 Å². The molecule has 2 rings (SSSR count). The number of nitrogens with zero attached hydrogens (tertiary/aromatic N) is 1. The zero-order valence-electron chi connectivity index (χ0n) is 11.3. The lowest BCUT2D eigenvalue weighted by Gasteiger charge is -2.28. The Morgan fingerprint density at radius 3 is 2.47 bits per heavy atom. The predicted molar refractivity (Wildman–Crippen MR) is 82.9 cm³/mol. The third-order valence-corrected chi connectivity index (χ3v) is 4.65. The highest BCUT2D eigenvalue weighted by Crippen LogP contribution is 2.32. The van der Waals surface area contributed by atoms with Crippen molar-refractivity contribution in [3.63, 3.8) is 0 Å². The van der Waals surface area contributed by atoms with Crippen LogP contribution in [0.4, 0.5) is 11.6 Å². The standard InChI is InChI=1S/C14H21Cl2N3/c1-2-9-3-5-10(6-4-9)8-18-14-12(16)7-11(15)13(17)19-14/h7,9-10H,2-6,8H2,1H3,(H3,17,18,19). The van der Waals surface area contributed by atoms with Crippen molar-refractivity contribution in [1.29, 1.82) is 0 Å². The largest absolute Gasteiger partial charge is 0.382 e. The molecule has 1 aromatic heterocycles. The van der Waals surface area contributed by atoms with Crippen LogP contribution in [-0.2, 0) is 0 Å². The summed E-state index contributed by atoms with van der Waals surface area (Å²) in [5.41, 5.74) is 5.69. The van der Waals surface area contributed by atoms with Gasteiger partial charge in [-0.2, -0.15) is 0 Å². The fraction of sp³-hybridized carbons (Fsp3) is 0.643. The summed E-state index contributed by atoms with van der Waals surface area (Å²) < 4.78 is 0. The molecule has 1 heterocycles. The van der Waals surface area contributed by atoms with Crippen LogP contribution in [0.15, 0.2) is 6.07 Å². The quantitative estimate of drug-likeness (QED) is 0.854. The second-order valence-corrected chi connectivity index (χ2v) is 6.18. The number of hydrogen-bond acceptors (Lipinski definition) is 3. The average molecular weight is 302 g/mol. The number of anilines is 2. The molecule has 1 aliphatic rings. The van der Waals surface area contributed by atoms with Crippen molar-refractivity contribution >= 4 is 34.8 Å². The first-order chi connectivity index (χ1) is 9.10. The summed E-state index contributed by atoms with van der Waals surface area (Å²) in [6.07, 6.45) is 6.55. The normalized spacial score (nSPS) is 23.3. The van der Waals surface area contributed by atoms with E-state index in [1.165, 1.54) is 32.1 Å². The molecule has 0 spiro atoms. The number of nitrogen functional groups attached to an aromatic ring is 1. The smallest absolute Gasteiger partial charge is 0.147 e. The molecule has 0 amide bonds. The number of nitrogens with one attached hydrogen (secondary N) is 1. The number of nitrogens with two attached hydrogens (primary N) is 1. The Kier molecular flexibility index (Phi) is 5.17. The first-order valence-corrected chi connectivity index (χ1v) is 7.71. The number of aromatic nitrogens is 1. The van der Waals surface area contributed by atoms with E-state index in [1.54, 1.807) is 6.07 Å². The van der Waals surface area contributed by atoms with Crippen LogP contribution in [-0.4, -0.2) is 11.5 Å². The topological polar surface area (TPSA) is 50.9 Å². The van der Waals surface area contributed by atoms with Crippen molar-refractivity contribution in [2.45, 2.75) is 39.0 Å². The molecular weight excluding hydrogens is 281 g/mol. The Morgan fingerprint density at radius 2 is 1.84 bits per heavy atom. The van der Waals surface area contributed by atoms with Crippen LogP contribution in [0.3, 0.4) is 0 Å². The van der Waals surface area contributed by atoms with E-state index in [9.17, 15) is 0 Å². The summed E-state index contributed by atoms with van der Waals surface area (Å²) in [5, 5.41) is 4.23. The summed E-state index contributed by atoms with van der Waals surface area (Å²) in [5.74, 6) is 2.59. The van der Waals surface area contributed by atoms with Gasteiger partial charge in [-0.15, -0.1) is 0 Å². The summed E-state index contributed by atoms with van der Waals surface area (Å²) in [6.45, 7) is 3.19. The maximum Gasteiger partial charge on any atom is 0.147 e. The monoisotopic (exact) mass is 301 g/mol. The summed E-state index contributed by atoms with van der Waals surface area (Å²) in [6, 6.07) is 1.64. The Morgan fingerprint density at radius 1 is 1.21 bits per heavy atom. The molecule has 1 fully saturated rings. The first kappa shape index (κ1) is 14.7. The van der Waals surface area contributed by atoms with Crippen LogP contribution in [0.2, 0.25) is 10.0 Å². The van der Waals surface area contributed by atoms with Crippen LogP contribution in [0.1, 0.15) is 39.0 Å². The van der Waals surface area contributed by atoms with Crippen molar-refractivity contribution in [3.05, 3.63) is 16.1 Å². The van der Waals surface area contributed by atoms with Crippen molar-refractivity contribution in [1.82, 2.24) is 4.98 Å². The van der Waals surface area contributed by atoms with E-state index in [0.29, 0.717) is 27.6 Å². The first-order valence-electron chi connectivity index (χ1n) is 6.95. The van der Waals surface area contributed by atoms with Gasteiger partial charge in [0.15, 0.2) is 0 Å². The molecule has 1 saturated carbocycles. The molecule has 3 N–H and O–H groups in total. The van der Waals surface area contributed by atoms with Gasteiger partial charge in [0.05, 0.1) is 10.0 Å². The van der Waals surface area contributed by atoms with Crippen LogP contribution in [0.5, 0.6) is 0 Å². The Bertz CT molecular complexity index is 429. The van der Waals surface area contributed by atoms with Gasteiger partial charge in [-0.1, -0.05) is 49.4 Å². The Hall–Kier alpha value is -0.670. The van der Waals surface area contributed by atoms with Gasteiger partial charge in [-0.3, -0.25) is 0 Å². The van der Waals surface area contributed by atoms with Crippen LogP contribution < -0.4 is 11.1 Å². The predicted octanol–water partition coefficient (Wildman–Crippen LogP) is 4.60. The zero-order chi connectivity index (χ0) is 13.8. The fourth-order valence-electron chi connectivity index (χ4n) is 2.69. The molecule has 19 heavy (non-hydrogen) atoms. The number of pyridine rings is 1. The molecule has 0 aliphatic heterocycles. The molecule has 1 aromatic rings. The molecule has 0 radical (unpaired) electrons. The molecular formula is C14H21Cl2N3. The van der Waals surface area contributed by atoms with E-state index in [0.717, 1.165) is 12.5 Å². The lowest BCUT2D eigenvalue weighted by molar-refractivity contribution is 0.278. The van der Waals surface area contributed by atoms with Gasteiger partial charge in [0.1, 0.15) is 11.6 Å². The molecule has 1 aliphatic carbocycles. The van der Waals surface area contributed by atoms with Gasteiger partial charge < -0.3 is 11.1 Å². The Labute approximate surface area is 124 Å². The van der Waals surface area contributed by atoms with E-state index in [-0.39, 0.29) is 0 Å². The van der Waals surface area contributed by atoms with Gasteiger partial charge in [-0.05, 0) is 30.7 Å². The zero-order valence-corrected chi connectivity index (χ0v) is 12.8. The SMILES string of the molecule is CCC1CCC(CNc2nc(N)c(Cl)cc2Cl)CC1. The van der Waals surface area contributed by atoms with Crippen LogP contribution in [0, 0.1) is 11.8 Å². The number of halogens is 2. The molecule has 3 nitrogen and oxygen atoms in total. The van der Waals surface area contributed by atoms with Crippen molar-refractivity contribution in [3.8, 4) is 0 Å². The van der Waals surface area contributed by atoms with Crippen molar-refractivity contribution in [2.24, 2.45) is 11.8 Å². The lowest BCUT2D eigenvalue weighted by atomic mass is 9.81. The third kappa shape index (κ3) is 3.90. The van der Waals surface area contributed by atoms with E-state index >= 15 is 0 Å². The molecule has 5 heteroatoms. The molecule has 0 saturated heterocycles. The van der Waals surface area contributed by atoms with Crippen molar-refractivity contribution < 1.29 is 0 Å². The second kappa shape index (κ2) is 6.67. The lowest BCUT2D eigenvalue weighted by Crippen LogP contribution is -2.21. The maximum absolute atomic E-state index is 6.10. The third-order valence-electron chi connectivity index (χ3n) is 4.06. The van der Waals surface area contributed by atoms with Crippen molar-refractivity contribution in [2.75, 3.05) is 17.6 Å². The minimum absolute atomic E-state index is 0.322. The highest BCUT2D eigenvalue weighted by molar-refractivity contribution is 6.37. The molecule has 0 atom stereocenters. The fourth-order valence-corrected chi connectivity index (χ4v) is 3.12. The van der Waals surface area contributed by atoms with E-state index in [2.05, 4.69) is 17.2 Å². The highest BCUT2D eigenvalue weighted by Gasteiger charge is 2.20. The molecule has 106 valence electrons. The summed E-state index contributed by atoms with van der Waals surface area (Å²) in [4.78, 5) is 4.19. The summed E-state index contributed by atoms with van der Waals surface area (Å²) >= 11 is 12.0. The van der Waals surface area contributed by atoms with E-state index < -0.39 is 0 Å². The van der Waals surface area contributed by atoms with Crippen LogP contribution >= 0.6 is 23.2 Å². The van der Waals surface area contributed by atoms with Gasteiger partial charge in [-0.25, -0.2) is 4.98 Å². The molecule has 0 unspecified atom stereocenters. The van der Waals surface area contributed by atoms with Crippen LogP contribution in [0.25, 0.3) is 0 Å². The van der Waals surface area contributed by atoms with Gasteiger partial charge in [0.2, 0.25) is 0 Å². The minimum atomic E-state index is 0.322. The van der Waals surface area contributed by atoms with Gasteiger partial charge >= 0.3 is 0 Å². The number of hydrogen-bond donors (Lipinski definition) is 2.